The van der Waals surface area contributed by atoms with E-state index < -0.39 is 0 Å². The summed E-state index contributed by atoms with van der Waals surface area (Å²) in [6.07, 6.45) is 0.587. The summed E-state index contributed by atoms with van der Waals surface area (Å²) >= 11 is 2.29. The molecule has 0 bridgehead atoms. The fourth-order valence-corrected chi connectivity index (χ4v) is 3.00. The van der Waals surface area contributed by atoms with Gasteiger partial charge in [0.25, 0.3) is 0 Å². The number of benzene rings is 1. The summed E-state index contributed by atoms with van der Waals surface area (Å²) in [5, 5.41) is 6.43. The molecule has 1 aromatic heterocycles. The predicted octanol–water partition coefficient (Wildman–Crippen LogP) is 1.12. The maximum Gasteiger partial charge on any atom is 0.145 e. The maximum absolute atomic E-state index is 5.77. The number of halogens is 1. The summed E-state index contributed by atoms with van der Waals surface area (Å²) < 4.78 is 1.93. The van der Waals surface area contributed by atoms with Crippen molar-refractivity contribution in [2.24, 2.45) is 0 Å². The fraction of sp³-hybridized carbons (Fsp3) is 0. The van der Waals surface area contributed by atoms with Crippen molar-refractivity contribution in [3.8, 4) is 0 Å². The van der Waals surface area contributed by atoms with Crippen molar-refractivity contribution in [2.75, 3.05) is 0 Å². The Labute approximate surface area is 94.8 Å². The summed E-state index contributed by atoms with van der Waals surface area (Å²) in [6.45, 7) is 0. The Bertz CT molecular complexity index is 457. The molecule has 1 heterocycles. The minimum Gasteiger partial charge on any atom is -0.238 e. The van der Waals surface area contributed by atoms with E-state index in [0.717, 1.165) is 16.2 Å². The van der Waals surface area contributed by atoms with E-state index in [1.54, 1.807) is 0 Å². The molecule has 0 aliphatic rings. The first-order valence-corrected chi connectivity index (χ1v) is 8.26. The molecule has 2 radical (unpaired) electrons. The molecule has 0 spiro atoms. The van der Waals surface area contributed by atoms with E-state index in [1.807, 2.05) is 16.6 Å². The molecule has 0 fully saturated rings. The van der Waals surface area contributed by atoms with Crippen molar-refractivity contribution in [1.29, 1.82) is 0 Å². The van der Waals surface area contributed by atoms with E-state index in [1.165, 1.54) is 0 Å². The summed E-state index contributed by atoms with van der Waals surface area (Å²) in [4.78, 5) is 0. The molecule has 6 heteroatoms. The average Bonchev–Trinajstić information content (AvgIpc) is 2.42. The second kappa shape index (κ2) is 3.84. The van der Waals surface area contributed by atoms with Crippen molar-refractivity contribution in [3.05, 3.63) is 18.2 Å². The number of hydrogen-bond acceptors (Lipinski definition) is 1. The molecule has 64 valence electrons. The molecule has 0 aliphatic carbocycles. The van der Waals surface area contributed by atoms with Gasteiger partial charge in [0.1, 0.15) is 7.85 Å². The van der Waals surface area contributed by atoms with Gasteiger partial charge in [0.05, 0.1) is 11.9 Å². The number of fused-ring (bicyclic) bond motifs is 1. The fourth-order valence-electron chi connectivity index (χ4n) is 1.22. The van der Waals surface area contributed by atoms with Crippen LogP contribution in [0.1, 0.15) is 0 Å². The lowest BCUT2D eigenvalue weighted by Gasteiger charge is -1.97. The molecule has 2 nitrogen and oxygen atoms in total. The largest absolute Gasteiger partial charge is 0.238 e. The molecule has 1 aromatic carbocycles. The van der Waals surface area contributed by atoms with Crippen LogP contribution in [-0.2, 0) is 0 Å². The Morgan fingerprint density at radius 2 is 2.31 bits per heavy atom. The Balaban J connectivity index is 2.81. The van der Waals surface area contributed by atoms with Crippen molar-refractivity contribution in [2.45, 2.75) is 0 Å². The third-order valence-corrected chi connectivity index (χ3v) is 4.04. The first-order valence-electron chi connectivity index (χ1n) is 3.63. The Kier molecular flexibility index (Phi) is 2.92. The van der Waals surface area contributed by atoms with Gasteiger partial charge in [0.2, 0.25) is 0 Å². The summed E-state index contributed by atoms with van der Waals surface area (Å²) in [7, 11) is 8.44. The Hall–Kier alpha value is 0.345. The number of aromatic nitrogens is 2. The zero-order valence-electron chi connectivity index (χ0n) is 6.66. The quantitative estimate of drug-likeness (QED) is 0.438. The van der Waals surface area contributed by atoms with Gasteiger partial charge in [0, 0.05) is 11.0 Å². The zero-order chi connectivity index (χ0) is 9.42. The lowest BCUT2D eigenvalue weighted by molar-refractivity contribution is 1.06. The molecule has 2 rings (SSSR count). The van der Waals surface area contributed by atoms with E-state index in [4.69, 9.17) is 7.85 Å². The first-order chi connectivity index (χ1) is 6.22. The van der Waals surface area contributed by atoms with Crippen LogP contribution in [0.3, 0.4) is 0 Å². The third kappa shape index (κ3) is 1.77. The lowest BCUT2D eigenvalue weighted by Crippen LogP contribution is -2.04. The van der Waals surface area contributed by atoms with Gasteiger partial charge in [-0.1, -0.05) is 12.1 Å². The molecule has 0 amide bonds. The molecule has 13 heavy (non-hydrogen) atoms. The normalized spacial score (nSPS) is 11.8. The SMILES string of the molecule is [B]c1nn(PI)c2cc(P)ccc12. The molecule has 2 atom stereocenters. The van der Waals surface area contributed by atoms with Gasteiger partial charge < -0.3 is 0 Å². The van der Waals surface area contributed by atoms with Crippen LogP contribution in [0.2, 0.25) is 0 Å². The highest BCUT2D eigenvalue weighted by Gasteiger charge is 2.05. The van der Waals surface area contributed by atoms with Crippen LogP contribution in [0.15, 0.2) is 18.2 Å². The minimum absolute atomic E-state index is 0.587. The first kappa shape index (κ1) is 9.88. The molecule has 0 saturated heterocycles. The van der Waals surface area contributed by atoms with E-state index in [0.29, 0.717) is 12.0 Å². The monoisotopic (exact) mass is 318 g/mol. The second-order valence-electron chi connectivity index (χ2n) is 2.66. The molecular weight excluding hydrogens is 312 g/mol. The highest BCUT2D eigenvalue weighted by Crippen LogP contribution is 2.26. The van der Waals surface area contributed by atoms with Gasteiger partial charge in [-0.3, -0.25) is 0 Å². The summed E-state index contributed by atoms with van der Waals surface area (Å²) in [6, 6.07) is 6.11. The molecule has 0 aliphatic heterocycles. The summed E-state index contributed by atoms with van der Waals surface area (Å²) in [5.74, 6) is 0. The van der Waals surface area contributed by atoms with Crippen LogP contribution >= 0.6 is 37.7 Å². The van der Waals surface area contributed by atoms with Gasteiger partial charge in [-0.2, -0.15) is 5.10 Å². The van der Waals surface area contributed by atoms with E-state index >= 15 is 0 Å². The van der Waals surface area contributed by atoms with Crippen LogP contribution < -0.4 is 10.9 Å². The molecular formula is C7H6BIN2P2. The summed E-state index contributed by atoms with van der Waals surface area (Å²) in [5.41, 5.74) is 1.72. The van der Waals surface area contributed by atoms with Gasteiger partial charge >= 0.3 is 0 Å². The number of hydrogen-bond donors (Lipinski definition) is 0. The van der Waals surface area contributed by atoms with Gasteiger partial charge in [-0.15, -0.1) is 9.24 Å². The predicted molar refractivity (Wildman–Crippen MR) is 72.2 cm³/mol. The van der Waals surface area contributed by atoms with E-state index in [-0.39, 0.29) is 0 Å². The van der Waals surface area contributed by atoms with Crippen LogP contribution in [0.4, 0.5) is 0 Å². The van der Waals surface area contributed by atoms with Crippen molar-refractivity contribution >= 4 is 67.3 Å². The van der Waals surface area contributed by atoms with Crippen molar-refractivity contribution < 1.29 is 0 Å². The highest BCUT2D eigenvalue weighted by atomic mass is 127. The topological polar surface area (TPSA) is 17.8 Å². The second-order valence-corrected chi connectivity index (χ2v) is 5.36. The molecule has 2 unspecified atom stereocenters. The Morgan fingerprint density at radius 1 is 1.54 bits per heavy atom. The lowest BCUT2D eigenvalue weighted by atomic mass is 10.0. The number of rotatable bonds is 1. The van der Waals surface area contributed by atoms with E-state index in [2.05, 4.69) is 42.4 Å². The molecule has 0 N–H and O–H groups in total. The minimum atomic E-state index is 0.587. The molecule has 2 aromatic rings. The highest BCUT2D eigenvalue weighted by molar-refractivity contribution is 14.2. The van der Waals surface area contributed by atoms with E-state index in [9.17, 15) is 0 Å². The standard InChI is InChI=1S/C7H6BIN2P2/c8-7-5-2-1-4(12)3-6(5)11(10-7)13-9/h1-3,13H,12H2. The van der Waals surface area contributed by atoms with Crippen molar-refractivity contribution in [3.63, 3.8) is 0 Å². The Morgan fingerprint density at radius 3 is 3.00 bits per heavy atom. The van der Waals surface area contributed by atoms with Crippen LogP contribution in [0, 0.1) is 0 Å². The van der Waals surface area contributed by atoms with Crippen molar-refractivity contribution in [1.82, 2.24) is 9.55 Å². The van der Waals surface area contributed by atoms with Gasteiger partial charge in [-0.25, -0.2) is 4.45 Å². The third-order valence-electron chi connectivity index (χ3n) is 1.81. The van der Waals surface area contributed by atoms with Crippen LogP contribution in [0.5, 0.6) is 0 Å². The average molecular weight is 318 g/mol. The zero-order valence-corrected chi connectivity index (χ0v) is 11.0. The van der Waals surface area contributed by atoms with Gasteiger partial charge in [-0.05, 0) is 33.4 Å². The van der Waals surface area contributed by atoms with Crippen LogP contribution in [-0.4, -0.2) is 17.4 Å². The van der Waals surface area contributed by atoms with Crippen LogP contribution in [0.25, 0.3) is 10.9 Å². The number of nitrogens with zero attached hydrogens (tertiary/aromatic N) is 2. The van der Waals surface area contributed by atoms with Gasteiger partial charge in [0.15, 0.2) is 0 Å². The molecule has 0 saturated carbocycles. The maximum atomic E-state index is 5.77. The smallest absolute Gasteiger partial charge is 0.145 e.